The average Bonchev–Trinajstić information content (AvgIpc) is 2.76. The molecule has 6 heteroatoms. The van der Waals surface area contributed by atoms with Gasteiger partial charge in [-0.2, -0.15) is 5.10 Å². The summed E-state index contributed by atoms with van der Waals surface area (Å²) in [4.78, 5) is 7.46. The fraction of sp³-hybridized carbons (Fsp3) is 0.250. The molecule has 0 saturated heterocycles. The molecule has 0 aromatic carbocycles. The van der Waals surface area contributed by atoms with Gasteiger partial charge in [0.1, 0.15) is 11.0 Å². The van der Waals surface area contributed by atoms with Crippen LogP contribution in [0.5, 0.6) is 0 Å². The molecule has 0 atom stereocenters. The van der Waals surface area contributed by atoms with Crippen molar-refractivity contribution in [3.63, 3.8) is 0 Å². The standard InChI is InChI=1S/C12H12ClN5/c1-4-8-6-10(18-17-8)15-9-5-7(2)11(14-3)12(13)16-9/h5-6H,4H2,1-2H3,(H2,15,16,17,18). The summed E-state index contributed by atoms with van der Waals surface area (Å²) in [6.07, 6.45) is 0.887. The third kappa shape index (κ3) is 2.44. The van der Waals surface area contributed by atoms with Crippen LogP contribution < -0.4 is 5.32 Å². The molecular weight excluding hydrogens is 250 g/mol. The highest BCUT2D eigenvalue weighted by atomic mass is 35.5. The van der Waals surface area contributed by atoms with E-state index in [1.165, 1.54) is 0 Å². The maximum atomic E-state index is 7.01. The first kappa shape index (κ1) is 12.4. The predicted octanol–water partition coefficient (Wildman–Crippen LogP) is 3.62. The SMILES string of the molecule is [C-]#[N+]c1c(C)cc(Nc2cc(CC)[nH]n2)nc1Cl. The largest absolute Gasteiger partial charge is 0.324 e. The number of aromatic amines is 1. The summed E-state index contributed by atoms with van der Waals surface area (Å²) in [5, 5.41) is 10.3. The minimum absolute atomic E-state index is 0.207. The monoisotopic (exact) mass is 261 g/mol. The zero-order valence-electron chi connectivity index (χ0n) is 10.1. The van der Waals surface area contributed by atoms with Gasteiger partial charge in [0.15, 0.2) is 5.82 Å². The number of nitrogens with zero attached hydrogens (tertiary/aromatic N) is 3. The Bertz CT molecular complexity index is 588. The van der Waals surface area contributed by atoms with E-state index < -0.39 is 0 Å². The summed E-state index contributed by atoms with van der Waals surface area (Å²) in [6.45, 7) is 10.9. The third-order valence-electron chi connectivity index (χ3n) is 2.52. The Morgan fingerprint density at radius 2 is 2.22 bits per heavy atom. The fourth-order valence-corrected chi connectivity index (χ4v) is 1.85. The number of aromatic nitrogens is 3. The highest BCUT2D eigenvalue weighted by Crippen LogP contribution is 2.29. The summed E-state index contributed by atoms with van der Waals surface area (Å²) in [7, 11) is 0. The Labute approximate surface area is 110 Å². The van der Waals surface area contributed by atoms with E-state index >= 15 is 0 Å². The number of H-pyrrole nitrogens is 1. The average molecular weight is 262 g/mol. The first-order valence-corrected chi connectivity index (χ1v) is 5.87. The van der Waals surface area contributed by atoms with Gasteiger partial charge in [0.05, 0.1) is 6.57 Å². The van der Waals surface area contributed by atoms with Crippen molar-refractivity contribution in [1.82, 2.24) is 15.2 Å². The summed E-state index contributed by atoms with van der Waals surface area (Å²) in [5.41, 5.74) is 2.22. The normalized spacial score (nSPS) is 10.1. The molecule has 0 spiro atoms. The van der Waals surface area contributed by atoms with Gasteiger partial charge in [-0.15, -0.1) is 0 Å². The number of anilines is 2. The Morgan fingerprint density at radius 1 is 1.44 bits per heavy atom. The van der Waals surface area contributed by atoms with E-state index in [0.29, 0.717) is 17.3 Å². The minimum Gasteiger partial charge on any atom is -0.324 e. The topological polar surface area (TPSA) is 58.0 Å². The van der Waals surface area contributed by atoms with E-state index in [-0.39, 0.29) is 5.15 Å². The second kappa shape index (κ2) is 5.07. The first-order chi connectivity index (χ1) is 8.63. The van der Waals surface area contributed by atoms with Gasteiger partial charge in [-0.1, -0.05) is 18.5 Å². The van der Waals surface area contributed by atoms with Crippen LogP contribution in [0.3, 0.4) is 0 Å². The molecule has 0 fully saturated rings. The predicted molar refractivity (Wildman–Crippen MR) is 71.5 cm³/mol. The number of hydrogen-bond donors (Lipinski definition) is 2. The molecule has 92 valence electrons. The summed E-state index contributed by atoms with van der Waals surface area (Å²) >= 11 is 5.94. The second-order valence-corrected chi connectivity index (χ2v) is 4.19. The second-order valence-electron chi connectivity index (χ2n) is 3.83. The minimum atomic E-state index is 0.207. The maximum Gasteiger partial charge on any atom is 0.226 e. The van der Waals surface area contributed by atoms with E-state index in [0.717, 1.165) is 17.7 Å². The molecule has 0 radical (unpaired) electrons. The number of rotatable bonds is 3. The van der Waals surface area contributed by atoms with Crippen LogP contribution in [0.15, 0.2) is 12.1 Å². The Kier molecular flexibility index (Phi) is 3.49. The van der Waals surface area contributed by atoms with Crippen LogP contribution >= 0.6 is 11.6 Å². The van der Waals surface area contributed by atoms with Crippen molar-refractivity contribution in [3.05, 3.63) is 40.0 Å². The van der Waals surface area contributed by atoms with Gasteiger partial charge in [0.2, 0.25) is 5.69 Å². The van der Waals surface area contributed by atoms with Gasteiger partial charge >= 0.3 is 0 Å². The van der Waals surface area contributed by atoms with Gasteiger partial charge in [-0.25, -0.2) is 9.83 Å². The number of hydrogen-bond acceptors (Lipinski definition) is 3. The molecule has 0 saturated carbocycles. The molecule has 18 heavy (non-hydrogen) atoms. The number of nitrogens with one attached hydrogen (secondary N) is 2. The van der Waals surface area contributed by atoms with E-state index in [1.54, 1.807) is 6.07 Å². The zero-order chi connectivity index (χ0) is 13.1. The quantitative estimate of drug-likeness (QED) is 0.655. The van der Waals surface area contributed by atoms with Crippen molar-refractivity contribution in [1.29, 1.82) is 0 Å². The maximum absolute atomic E-state index is 7.01. The number of aryl methyl sites for hydroxylation is 2. The zero-order valence-corrected chi connectivity index (χ0v) is 10.8. The molecule has 0 unspecified atom stereocenters. The molecule has 0 bridgehead atoms. The van der Waals surface area contributed by atoms with Gasteiger partial charge < -0.3 is 5.32 Å². The van der Waals surface area contributed by atoms with Gasteiger partial charge in [0, 0.05) is 11.8 Å². The first-order valence-electron chi connectivity index (χ1n) is 5.50. The van der Waals surface area contributed by atoms with Crippen LogP contribution in [0.4, 0.5) is 17.3 Å². The van der Waals surface area contributed by atoms with E-state index in [9.17, 15) is 0 Å². The lowest BCUT2D eigenvalue weighted by Crippen LogP contribution is -1.95. The van der Waals surface area contributed by atoms with Crippen molar-refractivity contribution in [2.45, 2.75) is 20.3 Å². The molecule has 2 aromatic rings. The fourth-order valence-electron chi connectivity index (χ4n) is 1.56. The van der Waals surface area contributed by atoms with Crippen molar-refractivity contribution < 1.29 is 0 Å². The number of pyridine rings is 1. The Hall–Kier alpha value is -2.06. The van der Waals surface area contributed by atoms with Gasteiger partial charge in [-0.3, -0.25) is 5.10 Å². The van der Waals surface area contributed by atoms with Crippen LogP contribution in [-0.4, -0.2) is 15.2 Å². The smallest absolute Gasteiger partial charge is 0.226 e. The molecular formula is C12H12ClN5. The molecule has 2 rings (SSSR count). The summed E-state index contributed by atoms with van der Waals surface area (Å²) < 4.78 is 0. The molecule has 2 heterocycles. The lowest BCUT2D eigenvalue weighted by Gasteiger charge is -2.05. The molecule has 0 aliphatic heterocycles. The molecule has 0 aliphatic carbocycles. The van der Waals surface area contributed by atoms with Crippen molar-refractivity contribution in [2.75, 3.05) is 5.32 Å². The molecule has 0 amide bonds. The van der Waals surface area contributed by atoms with E-state index in [2.05, 4.69) is 25.3 Å². The number of halogens is 1. The lowest BCUT2D eigenvalue weighted by atomic mass is 10.2. The molecule has 0 aliphatic rings. The Morgan fingerprint density at radius 3 is 2.78 bits per heavy atom. The van der Waals surface area contributed by atoms with E-state index in [4.69, 9.17) is 18.2 Å². The summed E-state index contributed by atoms with van der Waals surface area (Å²) in [5.74, 6) is 1.27. The van der Waals surface area contributed by atoms with Crippen molar-refractivity contribution in [3.8, 4) is 0 Å². The molecule has 2 N–H and O–H groups in total. The van der Waals surface area contributed by atoms with Crippen molar-refractivity contribution >= 4 is 28.9 Å². The lowest BCUT2D eigenvalue weighted by molar-refractivity contribution is 0.976. The van der Waals surface area contributed by atoms with Gasteiger partial charge in [0.25, 0.3) is 0 Å². The van der Waals surface area contributed by atoms with Crippen LogP contribution in [0.1, 0.15) is 18.2 Å². The van der Waals surface area contributed by atoms with Crippen LogP contribution in [0.2, 0.25) is 5.15 Å². The molecule has 5 nitrogen and oxygen atoms in total. The highest BCUT2D eigenvalue weighted by Gasteiger charge is 2.09. The van der Waals surface area contributed by atoms with Gasteiger partial charge in [-0.05, 0) is 25.0 Å². The van der Waals surface area contributed by atoms with Crippen LogP contribution in [-0.2, 0) is 6.42 Å². The van der Waals surface area contributed by atoms with E-state index in [1.807, 2.05) is 19.9 Å². The van der Waals surface area contributed by atoms with Crippen molar-refractivity contribution in [2.24, 2.45) is 0 Å². The summed E-state index contributed by atoms with van der Waals surface area (Å²) in [6, 6.07) is 3.69. The third-order valence-corrected chi connectivity index (χ3v) is 2.78. The van der Waals surface area contributed by atoms with Crippen LogP contribution in [0.25, 0.3) is 4.85 Å². The molecule has 2 aromatic heterocycles. The highest BCUT2D eigenvalue weighted by molar-refractivity contribution is 6.32. The Balaban J connectivity index is 2.27. The van der Waals surface area contributed by atoms with Crippen LogP contribution in [0, 0.1) is 13.5 Å².